The molecule has 34 heavy (non-hydrogen) atoms. The minimum Gasteiger partial charge on any atom is -0.493 e. The lowest BCUT2D eigenvalue weighted by atomic mass is 9.91. The smallest absolute Gasteiger partial charge is 0.226 e. The molecule has 1 unspecified atom stereocenters. The number of hydrogen-bond acceptors (Lipinski definition) is 5. The highest BCUT2D eigenvalue weighted by Gasteiger charge is 2.34. The first kappa shape index (κ1) is 19.3. The summed E-state index contributed by atoms with van der Waals surface area (Å²) < 4.78 is 5.77. The van der Waals surface area contributed by atoms with E-state index < -0.39 is 0 Å². The van der Waals surface area contributed by atoms with Gasteiger partial charge in [-0.25, -0.2) is 9.97 Å². The highest BCUT2D eigenvalue weighted by Crippen LogP contribution is 2.41. The Morgan fingerprint density at radius 1 is 0.912 bits per heavy atom. The molecule has 0 bridgehead atoms. The predicted molar refractivity (Wildman–Crippen MR) is 132 cm³/mol. The van der Waals surface area contributed by atoms with Crippen LogP contribution >= 0.6 is 0 Å². The van der Waals surface area contributed by atoms with Crippen LogP contribution < -0.4 is 9.64 Å². The number of rotatable bonds is 3. The van der Waals surface area contributed by atoms with Gasteiger partial charge in [0, 0.05) is 53.7 Å². The summed E-state index contributed by atoms with van der Waals surface area (Å²) in [7, 11) is 0. The number of aromatic amines is 1. The average Bonchev–Trinajstić information content (AvgIpc) is 3.53. The van der Waals surface area contributed by atoms with E-state index >= 15 is 0 Å². The number of benzene rings is 2. The number of anilines is 1. The van der Waals surface area contributed by atoms with E-state index in [4.69, 9.17) is 14.7 Å². The normalized spacial score (nSPS) is 16.8. The molecule has 0 aliphatic carbocycles. The molecule has 2 aliphatic heterocycles. The molecule has 166 valence electrons. The molecule has 6 nitrogen and oxygen atoms in total. The van der Waals surface area contributed by atoms with Gasteiger partial charge in [-0.3, -0.25) is 4.98 Å². The average molecular weight is 446 g/mol. The second-order valence-corrected chi connectivity index (χ2v) is 8.86. The first-order chi connectivity index (χ1) is 16.8. The molecule has 6 heteroatoms. The van der Waals surface area contributed by atoms with Crippen LogP contribution in [0.15, 0.2) is 79.3 Å². The maximum Gasteiger partial charge on any atom is 0.226 e. The zero-order valence-electron chi connectivity index (χ0n) is 18.6. The van der Waals surface area contributed by atoms with Crippen molar-refractivity contribution in [3.8, 4) is 17.0 Å². The maximum absolute atomic E-state index is 5.77. The molecule has 5 heterocycles. The molecule has 5 aromatic rings. The van der Waals surface area contributed by atoms with Crippen molar-refractivity contribution in [2.24, 2.45) is 0 Å². The Bertz CT molecular complexity index is 1490. The largest absolute Gasteiger partial charge is 0.493 e. The molecule has 0 saturated heterocycles. The molecule has 0 radical (unpaired) electrons. The van der Waals surface area contributed by atoms with Gasteiger partial charge in [0.25, 0.3) is 0 Å². The fourth-order valence-corrected chi connectivity index (χ4v) is 5.31. The van der Waals surface area contributed by atoms with Gasteiger partial charge >= 0.3 is 0 Å². The Morgan fingerprint density at radius 3 is 2.68 bits per heavy atom. The summed E-state index contributed by atoms with van der Waals surface area (Å²) in [4.78, 5) is 20.1. The van der Waals surface area contributed by atoms with Crippen LogP contribution in [0.5, 0.6) is 5.75 Å². The number of hydrogen-bond donors (Lipinski definition) is 1. The van der Waals surface area contributed by atoms with E-state index in [1.165, 1.54) is 33.3 Å². The van der Waals surface area contributed by atoms with Gasteiger partial charge in [0.15, 0.2) is 0 Å². The van der Waals surface area contributed by atoms with Crippen molar-refractivity contribution in [3.63, 3.8) is 0 Å². The first-order valence-corrected chi connectivity index (χ1v) is 11.7. The number of pyridine rings is 1. The lowest BCUT2D eigenvalue weighted by Gasteiger charge is -2.36. The van der Waals surface area contributed by atoms with Crippen LogP contribution in [0.3, 0.4) is 0 Å². The molecular formula is C28H23N5O. The van der Waals surface area contributed by atoms with Gasteiger partial charge in [-0.05, 0) is 53.4 Å². The molecular weight excluding hydrogens is 422 g/mol. The second-order valence-electron chi connectivity index (χ2n) is 8.86. The molecule has 0 saturated carbocycles. The SMILES string of the molecule is c1ccc(-c2cnc(N3CCc4c([nH]c5ccccc45)C3c3ccc4c(c3)CCO4)nc2)nc1. The summed E-state index contributed by atoms with van der Waals surface area (Å²) in [6.45, 7) is 1.60. The predicted octanol–water partition coefficient (Wildman–Crippen LogP) is 5.11. The third-order valence-corrected chi connectivity index (χ3v) is 6.92. The van der Waals surface area contributed by atoms with Crippen molar-refractivity contribution >= 4 is 16.9 Å². The number of H-pyrrole nitrogens is 1. The van der Waals surface area contributed by atoms with E-state index in [1.807, 2.05) is 30.6 Å². The zero-order valence-corrected chi connectivity index (χ0v) is 18.6. The highest BCUT2D eigenvalue weighted by atomic mass is 16.5. The van der Waals surface area contributed by atoms with Gasteiger partial charge < -0.3 is 14.6 Å². The molecule has 0 fully saturated rings. The molecule has 2 aromatic carbocycles. The minimum atomic E-state index is 0.00255. The minimum absolute atomic E-state index is 0.00255. The quantitative estimate of drug-likeness (QED) is 0.418. The van der Waals surface area contributed by atoms with E-state index in [1.54, 1.807) is 6.20 Å². The van der Waals surface area contributed by atoms with Crippen LogP contribution in [0.1, 0.15) is 28.4 Å². The molecule has 0 amide bonds. The van der Waals surface area contributed by atoms with Gasteiger partial charge in [0.1, 0.15) is 5.75 Å². The zero-order chi connectivity index (χ0) is 22.5. The Hall–Kier alpha value is -4.19. The molecule has 7 rings (SSSR count). The summed E-state index contributed by atoms with van der Waals surface area (Å²) in [5, 5.41) is 1.30. The van der Waals surface area contributed by atoms with Gasteiger partial charge in [-0.2, -0.15) is 0 Å². The lowest BCUT2D eigenvalue weighted by Crippen LogP contribution is -2.37. The summed E-state index contributed by atoms with van der Waals surface area (Å²) in [6, 6.07) is 21.0. The molecule has 1 N–H and O–H groups in total. The molecule has 3 aromatic heterocycles. The van der Waals surface area contributed by atoms with Crippen LogP contribution in [-0.2, 0) is 12.8 Å². The van der Waals surface area contributed by atoms with Gasteiger partial charge in [-0.15, -0.1) is 0 Å². The van der Waals surface area contributed by atoms with Crippen LogP contribution in [0.25, 0.3) is 22.2 Å². The third kappa shape index (κ3) is 3.06. The van der Waals surface area contributed by atoms with E-state index in [2.05, 4.69) is 57.3 Å². The fraction of sp³-hybridized carbons (Fsp3) is 0.179. The summed E-state index contributed by atoms with van der Waals surface area (Å²) in [6.07, 6.45) is 7.43. The van der Waals surface area contributed by atoms with Crippen LogP contribution in [-0.4, -0.2) is 33.1 Å². The van der Waals surface area contributed by atoms with Crippen molar-refractivity contribution in [1.82, 2.24) is 19.9 Å². The number of nitrogens with zero attached hydrogens (tertiary/aromatic N) is 4. The molecule has 0 spiro atoms. The van der Waals surface area contributed by atoms with Gasteiger partial charge in [-0.1, -0.05) is 30.3 Å². The summed E-state index contributed by atoms with van der Waals surface area (Å²) in [5.41, 5.74) is 8.08. The standard InChI is InChI=1S/C28H23N5O/c1-2-7-24-21(5-1)22-10-13-33(28-30-16-20(17-31-28)23-6-3-4-12-29-23)27(26(22)32-24)19-8-9-25-18(15-19)11-14-34-25/h1-9,12,15-17,27,32H,10-11,13-14H2. The van der Waals surface area contributed by atoms with Gasteiger partial charge in [0.2, 0.25) is 5.95 Å². The van der Waals surface area contributed by atoms with Crippen molar-refractivity contribution in [2.75, 3.05) is 18.1 Å². The van der Waals surface area contributed by atoms with Crippen LogP contribution in [0.4, 0.5) is 5.95 Å². The van der Waals surface area contributed by atoms with Crippen molar-refractivity contribution in [2.45, 2.75) is 18.9 Å². The summed E-state index contributed by atoms with van der Waals surface area (Å²) in [5.74, 6) is 1.73. The molecule has 2 aliphatic rings. The van der Waals surface area contributed by atoms with Crippen molar-refractivity contribution in [1.29, 1.82) is 0 Å². The van der Waals surface area contributed by atoms with Gasteiger partial charge in [0.05, 0.1) is 18.3 Å². The molecule has 1 atom stereocenters. The Kier molecular flexibility index (Phi) is 4.37. The highest BCUT2D eigenvalue weighted by molar-refractivity contribution is 5.86. The maximum atomic E-state index is 5.77. The third-order valence-electron chi connectivity index (χ3n) is 6.92. The lowest BCUT2D eigenvalue weighted by molar-refractivity contribution is 0.357. The monoisotopic (exact) mass is 445 g/mol. The Labute approximate surface area is 197 Å². The second kappa shape index (κ2) is 7.70. The fourth-order valence-electron chi connectivity index (χ4n) is 5.31. The first-order valence-electron chi connectivity index (χ1n) is 11.7. The van der Waals surface area contributed by atoms with E-state index in [0.29, 0.717) is 0 Å². The number of para-hydroxylation sites is 1. The number of nitrogens with one attached hydrogen (secondary N) is 1. The van der Waals surface area contributed by atoms with E-state index in [9.17, 15) is 0 Å². The van der Waals surface area contributed by atoms with E-state index in [0.717, 1.165) is 48.9 Å². The van der Waals surface area contributed by atoms with Crippen LogP contribution in [0.2, 0.25) is 0 Å². The number of aromatic nitrogens is 4. The van der Waals surface area contributed by atoms with Crippen LogP contribution in [0, 0.1) is 0 Å². The van der Waals surface area contributed by atoms with Crippen molar-refractivity contribution in [3.05, 3.63) is 102 Å². The Morgan fingerprint density at radius 2 is 1.79 bits per heavy atom. The van der Waals surface area contributed by atoms with E-state index in [-0.39, 0.29) is 6.04 Å². The Balaban J connectivity index is 1.35. The number of fused-ring (bicyclic) bond motifs is 4. The topological polar surface area (TPSA) is 66.9 Å². The summed E-state index contributed by atoms with van der Waals surface area (Å²) >= 11 is 0. The number of ether oxygens (including phenoxy) is 1. The van der Waals surface area contributed by atoms with Crippen molar-refractivity contribution < 1.29 is 4.74 Å².